The Labute approximate surface area is 139 Å². The van der Waals surface area contributed by atoms with Crippen molar-refractivity contribution in [1.82, 2.24) is 0 Å². The van der Waals surface area contributed by atoms with Crippen molar-refractivity contribution in [3.8, 4) is 0 Å². The molecule has 0 saturated heterocycles. The number of hydrogen-bond acceptors (Lipinski definition) is 2. The van der Waals surface area contributed by atoms with E-state index in [0.717, 1.165) is 29.8 Å². The van der Waals surface area contributed by atoms with Crippen molar-refractivity contribution in [3.05, 3.63) is 65.7 Å². The van der Waals surface area contributed by atoms with Crippen LogP contribution in [0.5, 0.6) is 0 Å². The molecular formula is C21H27NO. The molecule has 0 saturated carbocycles. The van der Waals surface area contributed by atoms with Crippen molar-refractivity contribution in [1.29, 1.82) is 0 Å². The van der Waals surface area contributed by atoms with Crippen LogP contribution in [0, 0.1) is 0 Å². The maximum absolute atomic E-state index is 12.6. The van der Waals surface area contributed by atoms with Crippen molar-refractivity contribution in [2.24, 2.45) is 0 Å². The quantitative estimate of drug-likeness (QED) is 0.451. The van der Waals surface area contributed by atoms with Crippen molar-refractivity contribution >= 4 is 11.5 Å². The second kappa shape index (κ2) is 9.83. The van der Waals surface area contributed by atoms with Gasteiger partial charge in [-0.05, 0) is 18.6 Å². The first-order valence-corrected chi connectivity index (χ1v) is 8.75. The Morgan fingerprint density at radius 3 is 2.26 bits per heavy atom. The highest BCUT2D eigenvalue weighted by Crippen LogP contribution is 2.19. The normalized spacial score (nSPS) is 10.5. The number of nitrogens with one attached hydrogen (secondary N) is 1. The standard InChI is InChI=1S/C21H27NO/c1-2-3-4-5-6-12-17-22-20-16-11-10-15-19(20)21(23)18-13-8-7-9-14-18/h7-11,13-16,22H,2-6,12,17H2,1H3. The van der Waals surface area contributed by atoms with Gasteiger partial charge in [-0.2, -0.15) is 0 Å². The van der Waals surface area contributed by atoms with E-state index in [0.29, 0.717) is 0 Å². The third-order valence-corrected chi connectivity index (χ3v) is 4.05. The topological polar surface area (TPSA) is 29.1 Å². The second-order valence-electron chi connectivity index (χ2n) is 5.94. The molecule has 2 rings (SSSR count). The van der Waals surface area contributed by atoms with Crippen LogP contribution in [0.15, 0.2) is 54.6 Å². The number of benzene rings is 2. The first-order chi connectivity index (χ1) is 11.3. The van der Waals surface area contributed by atoms with Gasteiger partial charge in [-0.25, -0.2) is 0 Å². The lowest BCUT2D eigenvalue weighted by Gasteiger charge is -2.11. The van der Waals surface area contributed by atoms with Crippen LogP contribution < -0.4 is 5.32 Å². The van der Waals surface area contributed by atoms with Crippen LogP contribution in [0.1, 0.15) is 61.4 Å². The summed E-state index contributed by atoms with van der Waals surface area (Å²) >= 11 is 0. The molecule has 0 spiro atoms. The Kier molecular flexibility index (Phi) is 7.38. The minimum absolute atomic E-state index is 0.0802. The minimum Gasteiger partial charge on any atom is -0.384 e. The average Bonchev–Trinajstić information content (AvgIpc) is 2.61. The fourth-order valence-electron chi connectivity index (χ4n) is 2.71. The van der Waals surface area contributed by atoms with E-state index in [1.54, 1.807) is 0 Å². The molecule has 0 aromatic heterocycles. The Balaban J connectivity index is 1.89. The molecule has 0 bridgehead atoms. The molecule has 0 unspecified atom stereocenters. The molecule has 122 valence electrons. The van der Waals surface area contributed by atoms with Gasteiger partial charge in [-0.15, -0.1) is 0 Å². The van der Waals surface area contributed by atoms with Crippen molar-refractivity contribution < 1.29 is 4.79 Å². The van der Waals surface area contributed by atoms with Gasteiger partial charge in [0.15, 0.2) is 5.78 Å². The molecule has 1 N–H and O–H groups in total. The number of carbonyl (C=O) groups excluding carboxylic acids is 1. The molecule has 2 nitrogen and oxygen atoms in total. The summed E-state index contributed by atoms with van der Waals surface area (Å²) in [5, 5.41) is 3.43. The van der Waals surface area contributed by atoms with Gasteiger partial charge >= 0.3 is 0 Å². The van der Waals surface area contributed by atoms with E-state index >= 15 is 0 Å². The summed E-state index contributed by atoms with van der Waals surface area (Å²) in [4.78, 5) is 12.6. The molecule has 2 aromatic carbocycles. The van der Waals surface area contributed by atoms with Gasteiger partial charge in [0.25, 0.3) is 0 Å². The van der Waals surface area contributed by atoms with Gasteiger partial charge in [0, 0.05) is 23.4 Å². The molecule has 0 heterocycles. The predicted molar refractivity (Wildman–Crippen MR) is 98.2 cm³/mol. The smallest absolute Gasteiger partial charge is 0.195 e. The van der Waals surface area contributed by atoms with Crippen LogP contribution in [0.2, 0.25) is 0 Å². The van der Waals surface area contributed by atoms with E-state index in [1.165, 1.54) is 32.1 Å². The van der Waals surface area contributed by atoms with Crippen LogP contribution in [0.4, 0.5) is 5.69 Å². The molecule has 0 fully saturated rings. The summed E-state index contributed by atoms with van der Waals surface area (Å²) in [5.41, 5.74) is 2.43. The van der Waals surface area contributed by atoms with Crippen molar-refractivity contribution in [2.75, 3.05) is 11.9 Å². The molecular weight excluding hydrogens is 282 g/mol. The molecule has 2 aromatic rings. The second-order valence-corrected chi connectivity index (χ2v) is 5.94. The molecule has 0 atom stereocenters. The lowest BCUT2D eigenvalue weighted by molar-refractivity contribution is 0.103. The number of anilines is 1. The molecule has 23 heavy (non-hydrogen) atoms. The van der Waals surface area contributed by atoms with Crippen LogP contribution in [-0.4, -0.2) is 12.3 Å². The summed E-state index contributed by atoms with van der Waals surface area (Å²) in [7, 11) is 0. The molecule has 0 amide bonds. The van der Waals surface area contributed by atoms with Crippen LogP contribution in [0.25, 0.3) is 0 Å². The fourth-order valence-corrected chi connectivity index (χ4v) is 2.71. The van der Waals surface area contributed by atoms with Gasteiger partial charge in [-0.1, -0.05) is 81.5 Å². The van der Waals surface area contributed by atoms with Crippen molar-refractivity contribution in [2.45, 2.75) is 45.4 Å². The van der Waals surface area contributed by atoms with E-state index in [4.69, 9.17) is 0 Å². The molecule has 0 aliphatic rings. The van der Waals surface area contributed by atoms with Gasteiger partial charge in [0.05, 0.1) is 0 Å². The van der Waals surface area contributed by atoms with E-state index in [2.05, 4.69) is 12.2 Å². The highest BCUT2D eigenvalue weighted by molar-refractivity contribution is 6.12. The maximum Gasteiger partial charge on any atom is 0.195 e. The Bertz CT molecular complexity index is 592. The summed E-state index contributed by atoms with van der Waals surface area (Å²) < 4.78 is 0. The lowest BCUT2D eigenvalue weighted by atomic mass is 10.0. The van der Waals surface area contributed by atoms with E-state index < -0.39 is 0 Å². The number of carbonyl (C=O) groups is 1. The number of hydrogen-bond donors (Lipinski definition) is 1. The summed E-state index contributed by atoms with van der Waals surface area (Å²) in [6.07, 6.45) is 7.66. The number of unbranched alkanes of at least 4 members (excludes halogenated alkanes) is 5. The van der Waals surface area contributed by atoms with Gasteiger partial charge in [-0.3, -0.25) is 4.79 Å². The van der Waals surface area contributed by atoms with Gasteiger partial charge in [0.2, 0.25) is 0 Å². The van der Waals surface area contributed by atoms with Gasteiger partial charge in [0.1, 0.15) is 0 Å². The number of ketones is 1. The number of rotatable bonds is 10. The first kappa shape index (κ1) is 17.3. The molecule has 2 heteroatoms. The SMILES string of the molecule is CCCCCCCCNc1ccccc1C(=O)c1ccccc1. The Hall–Kier alpha value is -2.09. The largest absolute Gasteiger partial charge is 0.384 e. The zero-order valence-electron chi connectivity index (χ0n) is 14.1. The lowest BCUT2D eigenvalue weighted by Crippen LogP contribution is -2.09. The van der Waals surface area contributed by atoms with Crippen LogP contribution in [-0.2, 0) is 0 Å². The summed E-state index contributed by atoms with van der Waals surface area (Å²) in [6, 6.07) is 17.3. The van der Waals surface area contributed by atoms with Gasteiger partial charge < -0.3 is 5.32 Å². The van der Waals surface area contributed by atoms with E-state index in [-0.39, 0.29) is 5.78 Å². The monoisotopic (exact) mass is 309 g/mol. The van der Waals surface area contributed by atoms with Crippen molar-refractivity contribution in [3.63, 3.8) is 0 Å². The third kappa shape index (κ3) is 5.55. The highest BCUT2D eigenvalue weighted by atomic mass is 16.1. The molecule has 0 aliphatic carbocycles. The third-order valence-electron chi connectivity index (χ3n) is 4.05. The Morgan fingerprint density at radius 1 is 0.826 bits per heavy atom. The number of para-hydroxylation sites is 1. The predicted octanol–water partition coefficient (Wildman–Crippen LogP) is 5.69. The van der Waals surface area contributed by atoms with E-state index in [9.17, 15) is 4.79 Å². The van der Waals surface area contributed by atoms with Crippen LogP contribution >= 0.6 is 0 Å². The summed E-state index contributed by atoms with van der Waals surface area (Å²) in [6.45, 7) is 3.16. The molecule has 0 radical (unpaired) electrons. The van der Waals surface area contributed by atoms with E-state index in [1.807, 2.05) is 54.6 Å². The molecule has 0 aliphatic heterocycles. The zero-order chi connectivity index (χ0) is 16.3. The average molecular weight is 309 g/mol. The minimum atomic E-state index is 0.0802. The first-order valence-electron chi connectivity index (χ1n) is 8.75. The maximum atomic E-state index is 12.6. The Morgan fingerprint density at radius 2 is 1.48 bits per heavy atom. The zero-order valence-corrected chi connectivity index (χ0v) is 14.1. The summed E-state index contributed by atoms with van der Waals surface area (Å²) in [5.74, 6) is 0.0802. The highest BCUT2D eigenvalue weighted by Gasteiger charge is 2.12. The van der Waals surface area contributed by atoms with Crippen LogP contribution in [0.3, 0.4) is 0 Å². The fraction of sp³-hybridized carbons (Fsp3) is 0.381.